The predicted octanol–water partition coefficient (Wildman–Crippen LogP) is 2.41. The molecular formula is C17H13NO4. The minimum Gasteiger partial charge on any atom is -0.504 e. The fourth-order valence-corrected chi connectivity index (χ4v) is 2.34. The number of amides is 2. The molecule has 5 nitrogen and oxygen atoms in total. The van der Waals surface area contributed by atoms with Gasteiger partial charge in [0.15, 0.2) is 11.5 Å². The van der Waals surface area contributed by atoms with Crippen LogP contribution in [0.5, 0.6) is 11.5 Å². The summed E-state index contributed by atoms with van der Waals surface area (Å²) in [5.74, 6) is -1.03. The summed E-state index contributed by atoms with van der Waals surface area (Å²) >= 11 is 0. The summed E-state index contributed by atoms with van der Waals surface area (Å²) in [6.07, 6.45) is 3.33. The topological polar surface area (TPSA) is 77.8 Å². The van der Waals surface area contributed by atoms with Crippen LogP contribution in [-0.2, 0) is 0 Å². The van der Waals surface area contributed by atoms with Gasteiger partial charge in [-0.05, 0) is 29.8 Å². The Bertz CT molecular complexity index is 760. The molecule has 0 saturated heterocycles. The monoisotopic (exact) mass is 295 g/mol. The van der Waals surface area contributed by atoms with Gasteiger partial charge in [0.05, 0.1) is 11.1 Å². The molecule has 0 radical (unpaired) electrons. The first-order valence-electron chi connectivity index (χ1n) is 6.71. The Kier molecular flexibility index (Phi) is 3.39. The number of hydrogen-bond acceptors (Lipinski definition) is 4. The molecule has 5 heteroatoms. The number of aromatic hydroxyl groups is 2. The SMILES string of the molecule is O=C1c2ccccc2C(=O)N1C/C=C/c1ccc(O)c(O)c1. The number of rotatable bonds is 3. The molecule has 0 bridgehead atoms. The van der Waals surface area contributed by atoms with Crippen molar-refractivity contribution >= 4 is 17.9 Å². The minimum absolute atomic E-state index is 0.147. The van der Waals surface area contributed by atoms with Crippen molar-refractivity contribution < 1.29 is 19.8 Å². The van der Waals surface area contributed by atoms with Gasteiger partial charge in [0.25, 0.3) is 11.8 Å². The highest BCUT2D eigenvalue weighted by atomic mass is 16.3. The molecule has 0 spiro atoms. The molecule has 0 saturated carbocycles. The standard InChI is InChI=1S/C17H13NO4/c19-14-8-7-11(10-15(14)20)4-3-9-18-16(21)12-5-1-2-6-13(12)17(18)22/h1-8,10,19-20H,9H2/b4-3+. The van der Waals surface area contributed by atoms with E-state index in [1.54, 1.807) is 42.5 Å². The van der Waals surface area contributed by atoms with Crippen LogP contribution < -0.4 is 0 Å². The van der Waals surface area contributed by atoms with E-state index in [0.29, 0.717) is 16.7 Å². The molecular weight excluding hydrogens is 282 g/mol. The van der Waals surface area contributed by atoms with Crippen molar-refractivity contribution in [3.63, 3.8) is 0 Å². The molecule has 1 aliphatic heterocycles. The van der Waals surface area contributed by atoms with E-state index in [4.69, 9.17) is 0 Å². The lowest BCUT2D eigenvalue weighted by molar-refractivity contribution is 0.0672. The van der Waals surface area contributed by atoms with Gasteiger partial charge in [0.2, 0.25) is 0 Å². The smallest absolute Gasteiger partial charge is 0.261 e. The maximum Gasteiger partial charge on any atom is 0.261 e. The zero-order chi connectivity index (χ0) is 15.7. The molecule has 0 aliphatic carbocycles. The molecule has 2 aromatic rings. The third kappa shape index (κ3) is 2.33. The molecule has 0 unspecified atom stereocenters. The molecule has 1 aliphatic rings. The number of fused-ring (bicyclic) bond motifs is 1. The fraction of sp³-hybridized carbons (Fsp3) is 0.0588. The Morgan fingerprint density at radius 1 is 0.909 bits per heavy atom. The van der Waals surface area contributed by atoms with E-state index < -0.39 is 0 Å². The van der Waals surface area contributed by atoms with Gasteiger partial charge in [-0.2, -0.15) is 0 Å². The Morgan fingerprint density at radius 2 is 1.55 bits per heavy atom. The van der Waals surface area contributed by atoms with Crippen LogP contribution in [-0.4, -0.2) is 33.5 Å². The van der Waals surface area contributed by atoms with Gasteiger partial charge >= 0.3 is 0 Å². The van der Waals surface area contributed by atoms with Crippen LogP contribution in [0.2, 0.25) is 0 Å². The van der Waals surface area contributed by atoms with Crippen LogP contribution >= 0.6 is 0 Å². The lowest BCUT2D eigenvalue weighted by Gasteiger charge is -2.10. The highest BCUT2D eigenvalue weighted by Crippen LogP contribution is 2.26. The Labute approximate surface area is 126 Å². The first-order chi connectivity index (χ1) is 10.6. The second-order valence-electron chi connectivity index (χ2n) is 4.92. The molecule has 22 heavy (non-hydrogen) atoms. The second kappa shape index (κ2) is 5.37. The molecule has 2 amide bonds. The molecule has 0 aromatic heterocycles. The van der Waals surface area contributed by atoms with E-state index in [1.807, 2.05) is 0 Å². The average molecular weight is 295 g/mol. The Balaban J connectivity index is 1.75. The zero-order valence-electron chi connectivity index (χ0n) is 11.6. The van der Waals surface area contributed by atoms with Crippen LogP contribution in [0.3, 0.4) is 0 Å². The number of benzene rings is 2. The third-order valence-corrected chi connectivity index (χ3v) is 3.48. The van der Waals surface area contributed by atoms with Crippen molar-refractivity contribution in [3.05, 3.63) is 65.2 Å². The molecule has 2 aromatic carbocycles. The van der Waals surface area contributed by atoms with Crippen molar-refractivity contribution in [3.8, 4) is 11.5 Å². The zero-order valence-corrected chi connectivity index (χ0v) is 11.6. The Morgan fingerprint density at radius 3 is 2.14 bits per heavy atom. The van der Waals surface area contributed by atoms with Crippen LogP contribution in [0.25, 0.3) is 6.08 Å². The third-order valence-electron chi connectivity index (χ3n) is 3.48. The van der Waals surface area contributed by atoms with Crippen LogP contribution in [0.15, 0.2) is 48.5 Å². The quantitative estimate of drug-likeness (QED) is 0.673. The van der Waals surface area contributed by atoms with E-state index in [0.717, 1.165) is 0 Å². The molecule has 1 heterocycles. The molecule has 2 N–H and O–H groups in total. The number of phenolic OH excluding ortho intramolecular Hbond substituents is 2. The van der Waals surface area contributed by atoms with Crippen molar-refractivity contribution in [2.24, 2.45) is 0 Å². The summed E-state index contributed by atoms with van der Waals surface area (Å²) in [5.41, 5.74) is 1.50. The van der Waals surface area contributed by atoms with Gasteiger partial charge in [0.1, 0.15) is 0 Å². The number of phenols is 2. The molecule has 0 fully saturated rings. The van der Waals surface area contributed by atoms with Crippen LogP contribution in [0.1, 0.15) is 26.3 Å². The van der Waals surface area contributed by atoms with Crippen molar-refractivity contribution in [1.82, 2.24) is 4.90 Å². The first kappa shape index (κ1) is 13.9. The minimum atomic E-state index is -0.307. The van der Waals surface area contributed by atoms with E-state index in [9.17, 15) is 19.8 Å². The maximum absolute atomic E-state index is 12.1. The van der Waals surface area contributed by atoms with Gasteiger partial charge in [-0.3, -0.25) is 14.5 Å². The van der Waals surface area contributed by atoms with Crippen molar-refractivity contribution in [2.75, 3.05) is 6.54 Å². The van der Waals surface area contributed by atoms with Crippen LogP contribution in [0.4, 0.5) is 0 Å². The number of carbonyl (C=O) groups is 2. The fourth-order valence-electron chi connectivity index (χ4n) is 2.34. The van der Waals surface area contributed by atoms with Gasteiger partial charge in [-0.1, -0.05) is 30.4 Å². The maximum atomic E-state index is 12.1. The summed E-state index contributed by atoms with van der Waals surface area (Å²) in [6, 6.07) is 11.1. The Hall–Kier alpha value is -3.08. The number of nitrogens with zero attached hydrogens (tertiary/aromatic N) is 1. The van der Waals surface area contributed by atoms with Crippen LogP contribution in [0, 0.1) is 0 Å². The first-order valence-corrected chi connectivity index (χ1v) is 6.71. The van der Waals surface area contributed by atoms with Gasteiger partial charge < -0.3 is 10.2 Å². The average Bonchev–Trinajstić information content (AvgIpc) is 2.76. The largest absolute Gasteiger partial charge is 0.504 e. The van der Waals surface area contributed by atoms with Crippen molar-refractivity contribution in [2.45, 2.75) is 0 Å². The lowest BCUT2D eigenvalue weighted by Crippen LogP contribution is -2.29. The summed E-state index contributed by atoms with van der Waals surface area (Å²) in [5, 5.41) is 18.7. The normalized spacial score (nSPS) is 13.9. The van der Waals surface area contributed by atoms with Gasteiger partial charge in [-0.25, -0.2) is 0 Å². The summed E-state index contributed by atoms with van der Waals surface area (Å²) in [6.45, 7) is 0.147. The summed E-state index contributed by atoms with van der Waals surface area (Å²) in [7, 11) is 0. The highest BCUT2D eigenvalue weighted by Gasteiger charge is 2.33. The van der Waals surface area contributed by atoms with E-state index >= 15 is 0 Å². The summed E-state index contributed by atoms with van der Waals surface area (Å²) < 4.78 is 0. The second-order valence-corrected chi connectivity index (χ2v) is 4.92. The van der Waals surface area contributed by atoms with E-state index in [2.05, 4.69) is 0 Å². The molecule has 110 valence electrons. The predicted molar refractivity (Wildman–Crippen MR) is 80.6 cm³/mol. The van der Waals surface area contributed by atoms with E-state index in [1.165, 1.54) is 17.0 Å². The van der Waals surface area contributed by atoms with Gasteiger partial charge in [0, 0.05) is 6.54 Å². The van der Waals surface area contributed by atoms with Gasteiger partial charge in [-0.15, -0.1) is 0 Å². The van der Waals surface area contributed by atoms with E-state index in [-0.39, 0.29) is 29.9 Å². The number of hydrogen-bond donors (Lipinski definition) is 2. The summed E-state index contributed by atoms with van der Waals surface area (Å²) in [4.78, 5) is 25.5. The van der Waals surface area contributed by atoms with Crippen molar-refractivity contribution in [1.29, 1.82) is 0 Å². The number of carbonyl (C=O) groups excluding carboxylic acids is 2. The highest BCUT2D eigenvalue weighted by molar-refractivity contribution is 6.21. The lowest BCUT2D eigenvalue weighted by atomic mass is 10.1. The molecule has 0 atom stereocenters. The molecule has 3 rings (SSSR count). The number of imide groups is 1.